The molecule has 1 amide bonds. The van der Waals surface area contributed by atoms with Crippen LogP contribution in [-0.2, 0) is 9.53 Å². The molecule has 0 spiro atoms. The minimum Gasteiger partial charge on any atom is -0.378 e. The van der Waals surface area contributed by atoms with Gasteiger partial charge in [-0.15, -0.1) is 0 Å². The summed E-state index contributed by atoms with van der Waals surface area (Å²) < 4.78 is 6.59. The van der Waals surface area contributed by atoms with Crippen LogP contribution in [0.3, 0.4) is 0 Å². The van der Waals surface area contributed by atoms with Crippen LogP contribution < -0.4 is 5.32 Å². The number of carbonyl (C=O) groups excluding carboxylic acids is 1. The molecule has 104 valence electrons. The molecule has 0 radical (unpaired) electrons. The first kappa shape index (κ1) is 14.5. The summed E-state index contributed by atoms with van der Waals surface area (Å²) in [7, 11) is 0. The fraction of sp³-hybridized carbons (Fsp3) is 0.533. The highest BCUT2D eigenvalue weighted by Crippen LogP contribution is 2.26. The SMILES string of the molecule is Cc1cccc(NC(=O)CCC2CCCCO2)c1Br. The van der Waals surface area contributed by atoms with Crippen LogP contribution in [0.1, 0.15) is 37.7 Å². The lowest BCUT2D eigenvalue weighted by Crippen LogP contribution is -2.21. The van der Waals surface area contributed by atoms with Crippen LogP contribution in [0.5, 0.6) is 0 Å². The Morgan fingerprint density at radius 1 is 1.47 bits per heavy atom. The number of aryl methyl sites for hydroxylation is 1. The van der Waals surface area contributed by atoms with E-state index in [1.807, 2.05) is 25.1 Å². The quantitative estimate of drug-likeness (QED) is 0.907. The van der Waals surface area contributed by atoms with Crippen molar-refractivity contribution in [2.75, 3.05) is 11.9 Å². The predicted molar refractivity (Wildman–Crippen MR) is 80.3 cm³/mol. The average molecular weight is 326 g/mol. The highest BCUT2D eigenvalue weighted by Gasteiger charge is 2.15. The number of rotatable bonds is 4. The predicted octanol–water partition coefficient (Wildman–Crippen LogP) is 4.05. The molecule has 3 nitrogen and oxygen atoms in total. The van der Waals surface area contributed by atoms with Crippen LogP contribution in [0.4, 0.5) is 5.69 Å². The van der Waals surface area contributed by atoms with Crippen molar-refractivity contribution >= 4 is 27.5 Å². The molecule has 1 aromatic rings. The van der Waals surface area contributed by atoms with E-state index in [0.717, 1.165) is 41.6 Å². The van der Waals surface area contributed by atoms with Crippen molar-refractivity contribution in [3.63, 3.8) is 0 Å². The summed E-state index contributed by atoms with van der Waals surface area (Å²) in [6.45, 7) is 2.85. The Balaban J connectivity index is 1.82. The zero-order valence-corrected chi connectivity index (χ0v) is 12.8. The summed E-state index contributed by atoms with van der Waals surface area (Å²) >= 11 is 3.50. The number of halogens is 1. The summed E-state index contributed by atoms with van der Waals surface area (Å²) in [4.78, 5) is 11.9. The van der Waals surface area contributed by atoms with Crippen LogP contribution in [0.2, 0.25) is 0 Å². The van der Waals surface area contributed by atoms with E-state index in [1.165, 1.54) is 6.42 Å². The molecule has 0 saturated carbocycles. The van der Waals surface area contributed by atoms with Gasteiger partial charge in [-0.2, -0.15) is 0 Å². The van der Waals surface area contributed by atoms with Crippen molar-refractivity contribution in [3.05, 3.63) is 28.2 Å². The smallest absolute Gasteiger partial charge is 0.224 e. The maximum absolute atomic E-state index is 11.9. The molecule has 1 aliphatic heterocycles. The molecule has 1 N–H and O–H groups in total. The summed E-state index contributed by atoms with van der Waals surface area (Å²) in [5, 5.41) is 2.95. The average Bonchev–Trinajstić information content (AvgIpc) is 2.43. The normalized spacial score (nSPS) is 19.2. The maximum atomic E-state index is 11.9. The second kappa shape index (κ2) is 7.06. The molecule has 1 aromatic carbocycles. The van der Waals surface area contributed by atoms with Gasteiger partial charge in [0.25, 0.3) is 0 Å². The molecule has 0 aliphatic carbocycles. The third kappa shape index (κ3) is 4.32. The van der Waals surface area contributed by atoms with Crippen LogP contribution in [0, 0.1) is 6.92 Å². The van der Waals surface area contributed by atoms with E-state index in [4.69, 9.17) is 4.74 Å². The second-order valence-corrected chi connectivity index (χ2v) is 5.80. The van der Waals surface area contributed by atoms with E-state index >= 15 is 0 Å². The van der Waals surface area contributed by atoms with E-state index in [2.05, 4.69) is 21.2 Å². The molecule has 1 fully saturated rings. The summed E-state index contributed by atoms with van der Waals surface area (Å²) in [5.41, 5.74) is 1.96. The Morgan fingerprint density at radius 2 is 2.32 bits per heavy atom. The van der Waals surface area contributed by atoms with E-state index in [9.17, 15) is 4.79 Å². The van der Waals surface area contributed by atoms with Gasteiger partial charge < -0.3 is 10.1 Å². The van der Waals surface area contributed by atoms with Gasteiger partial charge >= 0.3 is 0 Å². The molecular formula is C15H20BrNO2. The number of hydrogen-bond donors (Lipinski definition) is 1. The van der Waals surface area contributed by atoms with E-state index in [0.29, 0.717) is 6.42 Å². The lowest BCUT2D eigenvalue weighted by Gasteiger charge is -2.22. The Labute approximate surface area is 122 Å². The molecule has 0 aromatic heterocycles. The Morgan fingerprint density at radius 3 is 3.05 bits per heavy atom. The molecular weight excluding hydrogens is 306 g/mol. The van der Waals surface area contributed by atoms with Crippen LogP contribution >= 0.6 is 15.9 Å². The lowest BCUT2D eigenvalue weighted by atomic mass is 10.0. The van der Waals surface area contributed by atoms with Gasteiger partial charge in [0.05, 0.1) is 11.8 Å². The molecule has 0 bridgehead atoms. The molecule has 1 atom stereocenters. The number of amides is 1. The zero-order valence-electron chi connectivity index (χ0n) is 11.2. The molecule has 1 heterocycles. The second-order valence-electron chi connectivity index (χ2n) is 5.01. The third-order valence-electron chi connectivity index (χ3n) is 3.43. The van der Waals surface area contributed by atoms with Crippen molar-refractivity contribution in [1.29, 1.82) is 0 Å². The van der Waals surface area contributed by atoms with Crippen molar-refractivity contribution < 1.29 is 9.53 Å². The monoisotopic (exact) mass is 325 g/mol. The van der Waals surface area contributed by atoms with Gasteiger partial charge in [0.15, 0.2) is 0 Å². The van der Waals surface area contributed by atoms with Crippen molar-refractivity contribution in [2.24, 2.45) is 0 Å². The van der Waals surface area contributed by atoms with Crippen LogP contribution in [-0.4, -0.2) is 18.6 Å². The Bertz CT molecular complexity index is 442. The number of hydrogen-bond acceptors (Lipinski definition) is 2. The summed E-state index contributed by atoms with van der Waals surface area (Å²) in [5.74, 6) is 0.0560. The molecule has 1 saturated heterocycles. The first-order valence-corrected chi connectivity index (χ1v) is 7.62. The number of anilines is 1. The molecule has 1 aliphatic rings. The van der Waals surface area contributed by atoms with Crippen molar-refractivity contribution in [2.45, 2.75) is 45.1 Å². The molecule has 1 unspecified atom stereocenters. The number of carbonyl (C=O) groups is 1. The molecule has 19 heavy (non-hydrogen) atoms. The zero-order chi connectivity index (χ0) is 13.7. The minimum absolute atomic E-state index is 0.0560. The van der Waals surface area contributed by atoms with E-state index < -0.39 is 0 Å². The first-order valence-electron chi connectivity index (χ1n) is 6.83. The van der Waals surface area contributed by atoms with Gasteiger partial charge in [-0.05, 0) is 60.2 Å². The number of nitrogens with one attached hydrogen (secondary N) is 1. The van der Waals surface area contributed by atoms with Crippen molar-refractivity contribution in [1.82, 2.24) is 0 Å². The number of benzene rings is 1. The fourth-order valence-corrected chi connectivity index (χ4v) is 2.65. The Hall–Kier alpha value is -0.870. The van der Waals surface area contributed by atoms with E-state index in [1.54, 1.807) is 0 Å². The Kier molecular flexibility index (Phi) is 5.40. The third-order valence-corrected chi connectivity index (χ3v) is 4.49. The fourth-order valence-electron chi connectivity index (χ4n) is 2.28. The summed E-state index contributed by atoms with van der Waals surface area (Å²) in [6.07, 6.45) is 5.05. The van der Waals surface area contributed by atoms with Gasteiger partial charge in [-0.3, -0.25) is 4.79 Å². The lowest BCUT2D eigenvalue weighted by molar-refractivity contribution is -0.117. The highest BCUT2D eigenvalue weighted by atomic mass is 79.9. The van der Waals surface area contributed by atoms with Gasteiger partial charge in [-0.1, -0.05) is 12.1 Å². The van der Waals surface area contributed by atoms with Gasteiger partial charge in [-0.25, -0.2) is 0 Å². The largest absolute Gasteiger partial charge is 0.378 e. The van der Waals surface area contributed by atoms with Crippen LogP contribution in [0.15, 0.2) is 22.7 Å². The number of ether oxygens (including phenoxy) is 1. The van der Waals surface area contributed by atoms with Gasteiger partial charge in [0.2, 0.25) is 5.91 Å². The standard InChI is InChI=1S/C15H20BrNO2/c1-11-5-4-7-13(15(11)16)17-14(18)9-8-12-6-2-3-10-19-12/h4-5,7,12H,2-3,6,8-10H2,1H3,(H,17,18). The van der Waals surface area contributed by atoms with E-state index in [-0.39, 0.29) is 12.0 Å². The minimum atomic E-state index is 0.0560. The van der Waals surface area contributed by atoms with Gasteiger partial charge in [0, 0.05) is 17.5 Å². The van der Waals surface area contributed by atoms with Crippen LogP contribution in [0.25, 0.3) is 0 Å². The topological polar surface area (TPSA) is 38.3 Å². The molecule has 4 heteroatoms. The highest BCUT2D eigenvalue weighted by molar-refractivity contribution is 9.10. The van der Waals surface area contributed by atoms with Gasteiger partial charge in [0.1, 0.15) is 0 Å². The maximum Gasteiger partial charge on any atom is 0.224 e. The summed E-state index contributed by atoms with van der Waals surface area (Å²) in [6, 6.07) is 5.86. The molecule has 2 rings (SSSR count). The van der Waals surface area contributed by atoms with Crippen molar-refractivity contribution in [3.8, 4) is 0 Å². The first-order chi connectivity index (χ1) is 9.16.